The molecule has 0 bridgehead atoms. The first-order valence-corrected chi connectivity index (χ1v) is 7.76. The van der Waals surface area contributed by atoms with E-state index in [0.29, 0.717) is 17.5 Å². The van der Waals surface area contributed by atoms with Gasteiger partial charge >= 0.3 is 5.97 Å². The van der Waals surface area contributed by atoms with Crippen molar-refractivity contribution >= 4 is 28.5 Å². The van der Waals surface area contributed by atoms with Crippen LogP contribution in [-0.4, -0.2) is 52.4 Å². The number of hydrogen-bond donors (Lipinski definition) is 2. The van der Waals surface area contributed by atoms with Crippen LogP contribution in [0.15, 0.2) is 5.16 Å². The van der Waals surface area contributed by atoms with Crippen molar-refractivity contribution in [3.05, 3.63) is 5.82 Å². The highest BCUT2D eigenvalue weighted by Crippen LogP contribution is 2.18. The Bertz CT molecular complexity index is 449. The molecular formula is C9H15N3O4S2. The highest BCUT2D eigenvalue weighted by molar-refractivity contribution is 7.99. The molecule has 18 heavy (non-hydrogen) atoms. The van der Waals surface area contributed by atoms with Gasteiger partial charge in [0.2, 0.25) is 0 Å². The van der Waals surface area contributed by atoms with Gasteiger partial charge in [0.15, 0.2) is 11.0 Å². The van der Waals surface area contributed by atoms with Crippen LogP contribution in [-0.2, 0) is 28.7 Å². The molecule has 102 valence electrons. The maximum Gasteiger partial charge on any atom is 0.313 e. The molecule has 1 aromatic heterocycles. The van der Waals surface area contributed by atoms with E-state index in [1.165, 1.54) is 0 Å². The third kappa shape index (κ3) is 4.07. The first kappa shape index (κ1) is 15.1. The number of carbonyl (C=O) groups is 1. The second-order valence-electron chi connectivity index (χ2n) is 3.66. The van der Waals surface area contributed by atoms with Crippen LogP contribution in [0, 0.1) is 0 Å². The molecule has 2 unspecified atom stereocenters. The molecule has 0 saturated heterocycles. The van der Waals surface area contributed by atoms with Crippen molar-refractivity contribution in [2.75, 3.05) is 12.0 Å². The molecule has 2 N–H and O–H groups in total. The summed E-state index contributed by atoms with van der Waals surface area (Å²) in [5, 5.41) is 25.6. The molecule has 0 aliphatic carbocycles. The molecule has 0 aliphatic rings. The Labute approximate surface area is 111 Å². The van der Waals surface area contributed by atoms with E-state index in [1.54, 1.807) is 10.8 Å². The van der Waals surface area contributed by atoms with E-state index < -0.39 is 16.8 Å². The molecule has 0 spiro atoms. The summed E-state index contributed by atoms with van der Waals surface area (Å²) < 4.78 is 13.0. The molecule has 7 nitrogen and oxygen atoms in total. The minimum Gasteiger partial charge on any atom is -0.481 e. The van der Waals surface area contributed by atoms with Crippen LogP contribution in [0.1, 0.15) is 12.7 Å². The van der Waals surface area contributed by atoms with E-state index in [9.17, 15) is 9.00 Å². The molecule has 0 fully saturated rings. The quantitative estimate of drug-likeness (QED) is 0.666. The van der Waals surface area contributed by atoms with Gasteiger partial charge in [-0.3, -0.25) is 9.00 Å². The Morgan fingerprint density at radius 1 is 1.56 bits per heavy atom. The van der Waals surface area contributed by atoms with E-state index in [1.807, 2.05) is 6.92 Å². The lowest BCUT2D eigenvalue weighted by atomic mass is 10.4. The van der Waals surface area contributed by atoms with Crippen LogP contribution in [0.5, 0.6) is 0 Å². The minimum absolute atomic E-state index is 0.129. The molecule has 0 amide bonds. The Kier molecular flexibility index (Phi) is 5.76. The molecule has 9 heteroatoms. The topological polar surface area (TPSA) is 105 Å². The Morgan fingerprint density at radius 3 is 2.72 bits per heavy atom. The Morgan fingerprint density at radius 2 is 2.22 bits per heavy atom. The number of aromatic nitrogens is 3. The number of aliphatic hydroxyl groups excluding tert-OH is 1. The average molecular weight is 293 g/mol. The highest BCUT2D eigenvalue weighted by atomic mass is 32.2. The Hall–Kier alpha value is -0.930. The van der Waals surface area contributed by atoms with E-state index in [2.05, 4.69) is 10.2 Å². The van der Waals surface area contributed by atoms with Crippen molar-refractivity contribution in [2.45, 2.75) is 30.5 Å². The molecule has 1 aromatic rings. The molecule has 0 radical (unpaired) electrons. The summed E-state index contributed by atoms with van der Waals surface area (Å²) in [7, 11) is -1.01. The zero-order valence-electron chi connectivity index (χ0n) is 10.1. The Balaban J connectivity index is 2.87. The first-order valence-electron chi connectivity index (χ1n) is 5.15. The lowest BCUT2D eigenvalue weighted by Gasteiger charge is -2.12. The average Bonchev–Trinajstić information content (AvgIpc) is 2.68. The lowest BCUT2D eigenvalue weighted by Crippen LogP contribution is -2.20. The maximum atomic E-state index is 11.3. The number of nitrogens with zero attached hydrogens (tertiary/aromatic N) is 3. The molecule has 0 saturated carbocycles. The number of aliphatic carboxylic acids is 1. The number of aliphatic hydroxyl groups is 1. The number of thioether (sulfide) groups is 1. The van der Waals surface area contributed by atoms with Crippen molar-refractivity contribution < 1.29 is 19.2 Å². The summed E-state index contributed by atoms with van der Waals surface area (Å²) in [6.45, 7) is 1.90. The second kappa shape index (κ2) is 6.86. The zero-order valence-corrected chi connectivity index (χ0v) is 11.7. The highest BCUT2D eigenvalue weighted by Gasteiger charge is 2.17. The number of carboxylic acid groups (broad SMARTS) is 1. The molecule has 1 heterocycles. The van der Waals surface area contributed by atoms with E-state index in [0.717, 1.165) is 11.8 Å². The van der Waals surface area contributed by atoms with Crippen molar-refractivity contribution in [2.24, 2.45) is 0 Å². The summed E-state index contributed by atoms with van der Waals surface area (Å²) in [4.78, 5) is 10.5. The van der Waals surface area contributed by atoms with E-state index in [4.69, 9.17) is 10.2 Å². The van der Waals surface area contributed by atoms with Gasteiger partial charge in [0.25, 0.3) is 0 Å². The van der Waals surface area contributed by atoms with Crippen molar-refractivity contribution in [3.63, 3.8) is 0 Å². The normalized spacial score (nSPS) is 14.4. The molecule has 0 aliphatic heterocycles. The predicted octanol–water partition coefficient (Wildman–Crippen LogP) is -0.286. The van der Waals surface area contributed by atoms with Gasteiger partial charge in [-0.05, 0) is 6.92 Å². The summed E-state index contributed by atoms with van der Waals surface area (Å²) >= 11 is 1.02. The smallest absolute Gasteiger partial charge is 0.313 e. The molecule has 1 rings (SSSR count). The van der Waals surface area contributed by atoms with Crippen LogP contribution in [0.3, 0.4) is 0 Å². The summed E-state index contributed by atoms with van der Waals surface area (Å²) in [5.74, 6) is -0.736. The van der Waals surface area contributed by atoms with Gasteiger partial charge in [-0.1, -0.05) is 11.8 Å². The van der Waals surface area contributed by atoms with Crippen LogP contribution in [0.25, 0.3) is 0 Å². The second-order valence-corrected chi connectivity index (χ2v) is 6.40. The monoisotopic (exact) mass is 293 g/mol. The lowest BCUT2D eigenvalue weighted by molar-refractivity contribution is -0.133. The standard InChI is InChI=1S/C9H15N3O4S2/c1-6(18(2)16)3-12-7(4-13)10-11-9(12)17-5-8(14)15/h6,13H,3-5H2,1-2H3,(H,14,15). The van der Waals surface area contributed by atoms with Gasteiger partial charge < -0.3 is 14.8 Å². The molecule has 2 atom stereocenters. The third-order valence-corrected chi connectivity index (χ3v) is 4.50. The van der Waals surface area contributed by atoms with Gasteiger partial charge in [0.05, 0.1) is 5.75 Å². The first-order chi connectivity index (χ1) is 8.45. The van der Waals surface area contributed by atoms with Crippen LogP contribution < -0.4 is 0 Å². The third-order valence-electron chi connectivity index (χ3n) is 2.27. The summed E-state index contributed by atoms with van der Waals surface area (Å²) in [5.41, 5.74) is 0. The summed E-state index contributed by atoms with van der Waals surface area (Å²) in [6, 6.07) is 0. The van der Waals surface area contributed by atoms with Gasteiger partial charge in [0.1, 0.15) is 6.61 Å². The van der Waals surface area contributed by atoms with E-state index >= 15 is 0 Å². The molecule has 0 aromatic carbocycles. The van der Waals surface area contributed by atoms with Crippen molar-refractivity contribution in [1.29, 1.82) is 0 Å². The largest absolute Gasteiger partial charge is 0.481 e. The van der Waals surface area contributed by atoms with Crippen molar-refractivity contribution in [3.8, 4) is 0 Å². The SMILES string of the molecule is CC(Cn1c(CO)nnc1SCC(=O)O)S(C)=O. The number of rotatable bonds is 7. The van der Waals surface area contributed by atoms with Crippen LogP contribution in [0.4, 0.5) is 0 Å². The predicted molar refractivity (Wildman–Crippen MR) is 67.8 cm³/mol. The van der Waals surface area contributed by atoms with Crippen LogP contribution >= 0.6 is 11.8 Å². The number of hydrogen-bond acceptors (Lipinski definition) is 6. The van der Waals surface area contributed by atoms with E-state index in [-0.39, 0.29) is 17.6 Å². The maximum absolute atomic E-state index is 11.3. The number of carboxylic acids is 1. The van der Waals surface area contributed by atoms with Crippen LogP contribution in [0.2, 0.25) is 0 Å². The van der Waals surface area contributed by atoms with Gasteiger partial charge in [-0.25, -0.2) is 0 Å². The van der Waals surface area contributed by atoms with Gasteiger partial charge in [-0.2, -0.15) is 0 Å². The van der Waals surface area contributed by atoms with Gasteiger partial charge in [-0.15, -0.1) is 10.2 Å². The fourth-order valence-corrected chi connectivity index (χ4v) is 2.26. The fraction of sp³-hybridized carbons (Fsp3) is 0.667. The molecular weight excluding hydrogens is 278 g/mol. The fourth-order valence-electron chi connectivity index (χ4n) is 1.21. The minimum atomic E-state index is -1.01. The van der Waals surface area contributed by atoms with Crippen molar-refractivity contribution in [1.82, 2.24) is 14.8 Å². The summed E-state index contributed by atoms with van der Waals surface area (Å²) in [6.07, 6.45) is 1.59. The van der Waals surface area contributed by atoms with Gasteiger partial charge in [0, 0.05) is 28.9 Å². The zero-order chi connectivity index (χ0) is 13.7.